The van der Waals surface area contributed by atoms with Gasteiger partial charge in [-0.15, -0.1) is 12.4 Å². The van der Waals surface area contributed by atoms with Crippen molar-refractivity contribution < 1.29 is 19.4 Å². The molecule has 0 spiro atoms. The lowest BCUT2D eigenvalue weighted by Gasteiger charge is -2.30. The molecule has 2 aromatic rings. The molecule has 5 nitrogen and oxygen atoms in total. The zero-order valence-electron chi connectivity index (χ0n) is 18.3. The first-order valence-electron chi connectivity index (χ1n) is 10.5. The molecule has 1 unspecified atom stereocenters. The summed E-state index contributed by atoms with van der Waals surface area (Å²) in [5, 5.41) is 9.23. The van der Waals surface area contributed by atoms with Crippen molar-refractivity contribution in [2.75, 3.05) is 40.0 Å². The summed E-state index contributed by atoms with van der Waals surface area (Å²) in [6.45, 7) is 5.52. The Morgan fingerprint density at radius 1 is 1.23 bits per heavy atom. The van der Waals surface area contributed by atoms with Gasteiger partial charge < -0.3 is 19.5 Å². The molecular weight excluding hydrogens is 414 g/mol. The SMILES string of the molecule is COc1cccc(/C(=C\COCCN2CCCC(C(=O)O)C2)c2ccccc2C)c1.Cl. The van der Waals surface area contributed by atoms with Gasteiger partial charge in [0, 0.05) is 13.1 Å². The van der Waals surface area contributed by atoms with Crippen LogP contribution in [0, 0.1) is 12.8 Å². The van der Waals surface area contributed by atoms with Crippen LogP contribution in [0.15, 0.2) is 54.6 Å². The van der Waals surface area contributed by atoms with Gasteiger partial charge in [0.25, 0.3) is 0 Å². The van der Waals surface area contributed by atoms with E-state index < -0.39 is 5.97 Å². The smallest absolute Gasteiger partial charge is 0.307 e. The van der Waals surface area contributed by atoms with Crippen molar-refractivity contribution in [3.8, 4) is 5.75 Å². The minimum Gasteiger partial charge on any atom is -0.497 e. The van der Waals surface area contributed by atoms with E-state index in [1.165, 1.54) is 11.1 Å². The number of hydrogen-bond donors (Lipinski definition) is 1. The number of halogens is 1. The number of hydrogen-bond acceptors (Lipinski definition) is 4. The maximum Gasteiger partial charge on any atom is 0.307 e. The van der Waals surface area contributed by atoms with Crippen molar-refractivity contribution in [1.82, 2.24) is 4.90 Å². The number of benzene rings is 2. The van der Waals surface area contributed by atoms with Crippen molar-refractivity contribution in [2.24, 2.45) is 5.92 Å². The summed E-state index contributed by atoms with van der Waals surface area (Å²) in [6.07, 6.45) is 3.83. The molecule has 1 aliphatic rings. The molecule has 168 valence electrons. The van der Waals surface area contributed by atoms with Crippen molar-refractivity contribution >= 4 is 23.9 Å². The zero-order chi connectivity index (χ0) is 21.3. The average Bonchev–Trinajstić information content (AvgIpc) is 2.77. The number of piperidine rings is 1. The summed E-state index contributed by atoms with van der Waals surface area (Å²) in [7, 11) is 1.68. The van der Waals surface area contributed by atoms with E-state index in [9.17, 15) is 9.90 Å². The van der Waals surface area contributed by atoms with Gasteiger partial charge in [-0.05, 0) is 60.7 Å². The molecule has 1 heterocycles. The Morgan fingerprint density at radius 2 is 2.03 bits per heavy atom. The van der Waals surface area contributed by atoms with Crippen LogP contribution in [0.25, 0.3) is 5.57 Å². The number of ether oxygens (including phenoxy) is 2. The fourth-order valence-electron chi connectivity index (χ4n) is 3.93. The first-order chi connectivity index (χ1) is 14.6. The second-order valence-electron chi connectivity index (χ2n) is 7.72. The zero-order valence-corrected chi connectivity index (χ0v) is 19.1. The highest BCUT2D eigenvalue weighted by Gasteiger charge is 2.24. The summed E-state index contributed by atoms with van der Waals surface area (Å²) in [6, 6.07) is 16.4. The molecule has 2 aromatic carbocycles. The highest BCUT2D eigenvalue weighted by atomic mass is 35.5. The van der Waals surface area contributed by atoms with E-state index in [1.807, 2.05) is 30.3 Å². The Hall–Kier alpha value is -2.34. The summed E-state index contributed by atoms with van der Waals surface area (Å²) >= 11 is 0. The molecule has 1 atom stereocenters. The predicted molar refractivity (Wildman–Crippen MR) is 126 cm³/mol. The van der Waals surface area contributed by atoms with Crippen LogP contribution in [-0.4, -0.2) is 55.9 Å². The van der Waals surface area contributed by atoms with Gasteiger partial charge >= 0.3 is 5.97 Å². The molecule has 0 saturated carbocycles. The highest BCUT2D eigenvalue weighted by Crippen LogP contribution is 2.28. The third kappa shape index (κ3) is 7.10. The van der Waals surface area contributed by atoms with Gasteiger partial charge in [-0.1, -0.05) is 42.5 Å². The molecule has 1 aliphatic heterocycles. The van der Waals surface area contributed by atoms with E-state index in [4.69, 9.17) is 9.47 Å². The van der Waals surface area contributed by atoms with Crippen LogP contribution in [-0.2, 0) is 9.53 Å². The number of nitrogens with zero attached hydrogens (tertiary/aromatic N) is 1. The average molecular weight is 446 g/mol. The Bertz CT molecular complexity index is 883. The number of aryl methyl sites for hydroxylation is 1. The molecule has 6 heteroatoms. The highest BCUT2D eigenvalue weighted by molar-refractivity contribution is 5.85. The van der Waals surface area contributed by atoms with Crippen LogP contribution in [0.5, 0.6) is 5.75 Å². The van der Waals surface area contributed by atoms with Crippen LogP contribution in [0.2, 0.25) is 0 Å². The van der Waals surface area contributed by atoms with Crippen LogP contribution in [0.4, 0.5) is 0 Å². The van der Waals surface area contributed by atoms with E-state index in [-0.39, 0.29) is 18.3 Å². The minimum absolute atomic E-state index is 0. The normalized spacial score (nSPS) is 17.1. The van der Waals surface area contributed by atoms with Gasteiger partial charge in [-0.2, -0.15) is 0 Å². The molecule has 31 heavy (non-hydrogen) atoms. The number of carboxylic acid groups (broad SMARTS) is 1. The monoisotopic (exact) mass is 445 g/mol. The Labute approximate surface area is 191 Å². The second kappa shape index (κ2) is 12.5. The third-order valence-electron chi connectivity index (χ3n) is 5.63. The van der Waals surface area contributed by atoms with E-state index >= 15 is 0 Å². The number of likely N-dealkylation sites (tertiary alicyclic amines) is 1. The van der Waals surface area contributed by atoms with Crippen molar-refractivity contribution in [3.05, 3.63) is 71.3 Å². The Kier molecular flexibility index (Phi) is 10.0. The lowest BCUT2D eigenvalue weighted by Crippen LogP contribution is -2.40. The largest absolute Gasteiger partial charge is 0.497 e. The van der Waals surface area contributed by atoms with Gasteiger partial charge in [0.1, 0.15) is 5.75 Å². The molecule has 1 saturated heterocycles. The fourth-order valence-corrected chi connectivity index (χ4v) is 3.93. The lowest BCUT2D eigenvalue weighted by molar-refractivity contribution is -0.143. The predicted octanol–water partition coefficient (Wildman–Crippen LogP) is 4.67. The van der Waals surface area contributed by atoms with Crippen LogP contribution >= 0.6 is 12.4 Å². The van der Waals surface area contributed by atoms with E-state index in [0.717, 1.165) is 42.8 Å². The Morgan fingerprint density at radius 3 is 2.77 bits per heavy atom. The number of rotatable bonds is 9. The molecule has 0 bridgehead atoms. The molecular formula is C25H32ClNO4. The first kappa shape index (κ1) is 24.9. The van der Waals surface area contributed by atoms with Gasteiger partial charge in [0.05, 0.1) is 26.2 Å². The van der Waals surface area contributed by atoms with E-state index in [2.05, 4.69) is 36.1 Å². The molecule has 0 aromatic heterocycles. The summed E-state index contributed by atoms with van der Waals surface area (Å²) in [4.78, 5) is 13.4. The standard InChI is InChI=1S/C25H31NO4.ClH/c1-19-7-3-4-11-23(19)24(20-8-5-10-22(17-20)29-2)12-15-30-16-14-26-13-6-9-21(18-26)25(27)28;/h3-5,7-8,10-12,17,21H,6,9,13-16,18H2,1-2H3,(H,27,28);1H/b24-12+;. The first-order valence-corrected chi connectivity index (χ1v) is 10.5. The maximum atomic E-state index is 11.2. The van der Waals surface area contributed by atoms with Gasteiger partial charge in [0.2, 0.25) is 0 Å². The van der Waals surface area contributed by atoms with Crippen molar-refractivity contribution in [2.45, 2.75) is 19.8 Å². The van der Waals surface area contributed by atoms with Crippen molar-refractivity contribution in [1.29, 1.82) is 0 Å². The van der Waals surface area contributed by atoms with Crippen LogP contribution in [0.1, 0.15) is 29.5 Å². The quantitative estimate of drug-likeness (QED) is 0.568. The summed E-state index contributed by atoms with van der Waals surface area (Å²) in [5.41, 5.74) is 4.60. The van der Waals surface area contributed by atoms with Gasteiger partial charge in [0.15, 0.2) is 0 Å². The fraction of sp³-hybridized carbons (Fsp3) is 0.400. The molecule has 1 fully saturated rings. The molecule has 1 N–H and O–H groups in total. The molecule has 0 radical (unpaired) electrons. The lowest BCUT2D eigenvalue weighted by atomic mass is 9.94. The molecule has 3 rings (SSSR count). The number of methoxy groups -OCH3 is 1. The van der Waals surface area contributed by atoms with E-state index in [0.29, 0.717) is 19.8 Å². The summed E-state index contributed by atoms with van der Waals surface area (Å²) in [5.74, 6) is -0.116. The van der Waals surface area contributed by atoms with E-state index in [1.54, 1.807) is 7.11 Å². The maximum absolute atomic E-state index is 11.2. The van der Waals surface area contributed by atoms with Gasteiger partial charge in [-0.25, -0.2) is 0 Å². The molecule has 0 amide bonds. The number of carboxylic acids is 1. The number of carbonyl (C=O) groups is 1. The topological polar surface area (TPSA) is 59.0 Å². The Balaban J connectivity index is 0.00000341. The van der Waals surface area contributed by atoms with Gasteiger partial charge in [-0.3, -0.25) is 4.79 Å². The third-order valence-corrected chi connectivity index (χ3v) is 5.63. The van der Waals surface area contributed by atoms with Crippen LogP contribution in [0.3, 0.4) is 0 Å². The minimum atomic E-state index is -0.690. The number of aliphatic carboxylic acids is 1. The molecule has 0 aliphatic carbocycles. The summed E-state index contributed by atoms with van der Waals surface area (Å²) < 4.78 is 11.3. The second-order valence-corrected chi connectivity index (χ2v) is 7.72. The van der Waals surface area contributed by atoms with Crippen molar-refractivity contribution in [3.63, 3.8) is 0 Å². The van der Waals surface area contributed by atoms with Crippen LogP contribution < -0.4 is 4.74 Å².